The topological polar surface area (TPSA) is 128 Å². The van der Waals surface area contributed by atoms with Gasteiger partial charge in [0, 0.05) is 18.3 Å². The molecule has 10 heteroatoms. The number of nitrogens with zero attached hydrogens (tertiary/aromatic N) is 3. The Hall–Kier alpha value is -4.18. The van der Waals surface area contributed by atoms with Gasteiger partial charge in [-0.05, 0) is 61.4 Å². The Balaban J connectivity index is 1.20. The lowest BCUT2D eigenvalue weighted by molar-refractivity contribution is -0.135. The summed E-state index contributed by atoms with van der Waals surface area (Å²) in [6.07, 6.45) is 5.36. The van der Waals surface area contributed by atoms with E-state index in [1.165, 1.54) is 13.5 Å². The molecule has 2 aliphatic heterocycles. The summed E-state index contributed by atoms with van der Waals surface area (Å²) in [7, 11) is 1.30. The molecule has 0 bridgehead atoms. The monoisotopic (exact) mass is 555 g/mol. The highest BCUT2D eigenvalue weighted by Gasteiger charge is 2.37. The van der Waals surface area contributed by atoms with Crippen molar-refractivity contribution < 1.29 is 14.3 Å². The van der Waals surface area contributed by atoms with E-state index in [9.17, 15) is 9.59 Å². The number of H-pyrrole nitrogens is 2. The number of likely N-dealkylation sites (tertiary alicyclic amines) is 1. The molecule has 0 aliphatic carbocycles. The number of hydrogen-bond donors (Lipinski definition) is 4. The summed E-state index contributed by atoms with van der Waals surface area (Å²) in [6, 6.07) is 14.1. The van der Waals surface area contributed by atoms with Crippen molar-refractivity contribution in [2.45, 2.75) is 57.7 Å². The van der Waals surface area contributed by atoms with Gasteiger partial charge in [0.2, 0.25) is 5.91 Å². The normalized spacial score (nSPS) is 19.7. The van der Waals surface area contributed by atoms with Crippen LogP contribution in [0.4, 0.5) is 4.79 Å². The number of amides is 2. The van der Waals surface area contributed by atoms with Crippen LogP contribution in [0.2, 0.25) is 0 Å². The second-order valence-corrected chi connectivity index (χ2v) is 11.3. The summed E-state index contributed by atoms with van der Waals surface area (Å²) < 4.78 is 4.75. The molecule has 4 N–H and O–H groups in total. The molecule has 41 heavy (non-hydrogen) atoms. The Bertz CT molecular complexity index is 1530. The van der Waals surface area contributed by atoms with Gasteiger partial charge in [0.25, 0.3) is 0 Å². The average Bonchev–Trinajstić information content (AvgIpc) is 3.80. The summed E-state index contributed by atoms with van der Waals surface area (Å²) in [6.45, 7) is 5.50. The predicted octanol–water partition coefficient (Wildman–Crippen LogP) is 5.09. The minimum Gasteiger partial charge on any atom is -0.453 e. The number of hydrogen-bond acceptors (Lipinski definition) is 6. The van der Waals surface area contributed by atoms with E-state index in [1.54, 1.807) is 0 Å². The van der Waals surface area contributed by atoms with Gasteiger partial charge >= 0.3 is 6.09 Å². The summed E-state index contributed by atoms with van der Waals surface area (Å²) in [5, 5.41) is 6.19. The number of aromatic nitrogens is 4. The highest BCUT2D eigenvalue weighted by molar-refractivity contribution is 5.87. The molecule has 0 unspecified atom stereocenters. The number of alkyl carbamates (subject to hydrolysis) is 1. The van der Waals surface area contributed by atoms with Crippen molar-refractivity contribution in [1.82, 2.24) is 35.5 Å². The first kappa shape index (κ1) is 27.0. The van der Waals surface area contributed by atoms with Crippen molar-refractivity contribution >= 4 is 23.0 Å². The molecule has 2 fully saturated rings. The SMILES string of the molecule is COC(=O)N[C@H](C(=O)N1CCC[C@H]1c1nc2cc(-c3ccc(-c4c[nH]c([C@@H]5CCCN5)n4)cc3)ccc2[nH]1)C(C)C. The van der Waals surface area contributed by atoms with E-state index in [0.29, 0.717) is 12.6 Å². The highest BCUT2D eigenvalue weighted by Crippen LogP contribution is 2.34. The molecule has 2 saturated heterocycles. The predicted molar refractivity (Wildman–Crippen MR) is 157 cm³/mol. The summed E-state index contributed by atoms with van der Waals surface area (Å²) >= 11 is 0. The van der Waals surface area contributed by atoms with Crippen molar-refractivity contribution in [3.8, 4) is 22.4 Å². The molecule has 3 atom stereocenters. The second-order valence-electron chi connectivity index (χ2n) is 11.3. The average molecular weight is 556 g/mol. The number of carbonyl (C=O) groups is 2. The Labute approximate surface area is 239 Å². The van der Waals surface area contributed by atoms with Crippen LogP contribution >= 0.6 is 0 Å². The van der Waals surface area contributed by atoms with Gasteiger partial charge < -0.3 is 30.2 Å². The number of nitrogens with one attached hydrogen (secondary N) is 4. The Morgan fingerprint density at radius 3 is 2.51 bits per heavy atom. The zero-order chi connectivity index (χ0) is 28.5. The number of rotatable bonds is 7. The summed E-state index contributed by atoms with van der Waals surface area (Å²) in [5.74, 6) is 1.58. The molecule has 2 amide bonds. The molecule has 2 aromatic carbocycles. The first-order valence-corrected chi connectivity index (χ1v) is 14.5. The van der Waals surface area contributed by atoms with Crippen molar-refractivity contribution in [3.05, 3.63) is 60.3 Å². The second kappa shape index (κ2) is 11.4. The molecular weight excluding hydrogens is 518 g/mol. The number of ether oxygens (including phenoxy) is 1. The van der Waals surface area contributed by atoms with E-state index in [2.05, 4.69) is 57.0 Å². The van der Waals surface area contributed by atoms with E-state index in [1.807, 2.05) is 31.0 Å². The molecule has 2 aromatic heterocycles. The van der Waals surface area contributed by atoms with Gasteiger partial charge in [-0.3, -0.25) is 4.79 Å². The number of imidazole rings is 2. The minimum absolute atomic E-state index is 0.0770. The lowest BCUT2D eigenvalue weighted by atomic mass is 10.0. The van der Waals surface area contributed by atoms with Gasteiger partial charge in [0.05, 0.1) is 35.9 Å². The molecule has 0 radical (unpaired) electrons. The Morgan fingerprint density at radius 1 is 1.00 bits per heavy atom. The fraction of sp³-hybridized carbons (Fsp3) is 0.419. The first-order valence-electron chi connectivity index (χ1n) is 14.5. The molecular formula is C31H37N7O3. The minimum atomic E-state index is -0.658. The van der Waals surface area contributed by atoms with Gasteiger partial charge in [-0.1, -0.05) is 44.2 Å². The molecule has 214 valence electrons. The fourth-order valence-electron chi connectivity index (χ4n) is 5.97. The van der Waals surface area contributed by atoms with Crippen LogP contribution in [0.1, 0.15) is 63.3 Å². The summed E-state index contributed by atoms with van der Waals surface area (Å²) in [5.41, 5.74) is 5.98. The lowest BCUT2D eigenvalue weighted by Gasteiger charge is -2.29. The Morgan fingerprint density at radius 2 is 1.78 bits per heavy atom. The molecule has 4 aromatic rings. The van der Waals surface area contributed by atoms with Gasteiger partial charge in [0.15, 0.2) is 0 Å². The maximum atomic E-state index is 13.5. The molecule has 2 aliphatic rings. The molecule has 10 nitrogen and oxygen atoms in total. The van der Waals surface area contributed by atoms with E-state index in [0.717, 1.165) is 70.9 Å². The molecule has 4 heterocycles. The van der Waals surface area contributed by atoms with Crippen LogP contribution in [0.3, 0.4) is 0 Å². The first-order chi connectivity index (χ1) is 19.9. The zero-order valence-electron chi connectivity index (χ0n) is 23.7. The number of carbonyl (C=O) groups excluding carboxylic acids is 2. The molecule has 0 saturated carbocycles. The number of benzene rings is 2. The van der Waals surface area contributed by atoms with Crippen LogP contribution in [-0.4, -0.2) is 63.1 Å². The zero-order valence-corrected chi connectivity index (χ0v) is 23.7. The number of aromatic amines is 2. The van der Waals surface area contributed by atoms with E-state index >= 15 is 0 Å². The maximum Gasteiger partial charge on any atom is 0.407 e. The molecule has 0 spiro atoms. The van der Waals surface area contributed by atoms with Crippen molar-refractivity contribution in [2.75, 3.05) is 20.2 Å². The van der Waals surface area contributed by atoms with Crippen LogP contribution in [0.5, 0.6) is 0 Å². The van der Waals surface area contributed by atoms with Gasteiger partial charge in [-0.25, -0.2) is 14.8 Å². The van der Waals surface area contributed by atoms with Crippen molar-refractivity contribution in [2.24, 2.45) is 5.92 Å². The number of fused-ring (bicyclic) bond motifs is 1. The fourth-order valence-corrected chi connectivity index (χ4v) is 5.97. The van der Waals surface area contributed by atoms with Crippen molar-refractivity contribution in [3.63, 3.8) is 0 Å². The van der Waals surface area contributed by atoms with Gasteiger partial charge in [-0.2, -0.15) is 0 Å². The summed E-state index contributed by atoms with van der Waals surface area (Å²) in [4.78, 5) is 43.7. The lowest BCUT2D eigenvalue weighted by Crippen LogP contribution is -2.51. The standard InChI is InChI=1S/C31H37N7O3/c1-18(2)27(37-31(40)41-3)30(39)38-15-5-7-26(38)29-34-22-13-12-21(16-24(22)35-29)19-8-10-20(11-9-19)25-17-33-28(36-25)23-6-4-14-32-23/h8-13,16-18,23,26-27,32H,4-7,14-15H2,1-3H3,(H,33,36)(H,34,35)(H,37,40)/t23-,26-,27-/m0/s1. The smallest absolute Gasteiger partial charge is 0.407 e. The third-order valence-electron chi connectivity index (χ3n) is 8.25. The van der Waals surface area contributed by atoms with E-state index in [4.69, 9.17) is 14.7 Å². The number of methoxy groups -OCH3 is 1. The third kappa shape index (κ3) is 5.44. The van der Waals surface area contributed by atoms with Crippen molar-refractivity contribution in [1.29, 1.82) is 0 Å². The highest BCUT2D eigenvalue weighted by atomic mass is 16.5. The third-order valence-corrected chi connectivity index (χ3v) is 8.25. The van der Waals surface area contributed by atoms with Crippen LogP contribution in [0.25, 0.3) is 33.4 Å². The Kier molecular flexibility index (Phi) is 7.49. The van der Waals surface area contributed by atoms with Crippen LogP contribution < -0.4 is 10.6 Å². The molecule has 6 rings (SSSR count). The van der Waals surface area contributed by atoms with E-state index < -0.39 is 12.1 Å². The quantitative estimate of drug-likeness (QED) is 0.252. The van der Waals surface area contributed by atoms with E-state index in [-0.39, 0.29) is 17.9 Å². The van der Waals surface area contributed by atoms with Crippen LogP contribution in [0, 0.1) is 5.92 Å². The van der Waals surface area contributed by atoms with Gasteiger partial charge in [-0.15, -0.1) is 0 Å². The maximum absolute atomic E-state index is 13.5. The van der Waals surface area contributed by atoms with Crippen LogP contribution in [-0.2, 0) is 9.53 Å². The largest absolute Gasteiger partial charge is 0.453 e. The van der Waals surface area contributed by atoms with Crippen LogP contribution in [0.15, 0.2) is 48.7 Å². The van der Waals surface area contributed by atoms with Gasteiger partial charge in [0.1, 0.15) is 17.7 Å².